The Morgan fingerprint density at radius 2 is 1.84 bits per heavy atom. The summed E-state index contributed by atoms with van der Waals surface area (Å²) in [6.07, 6.45) is 0.0728. The number of benzene rings is 2. The van der Waals surface area contributed by atoms with Crippen LogP contribution in [-0.4, -0.2) is 30.1 Å². The average Bonchev–Trinajstić information content (AvgIpc) is 2.89. The minimum absolute atomic E-state index is 0.0728. The van der Waals surface area contributed by atoms with Crippen molar-refractivity contribution in [3.05, 3.63) is 54.1 Å². The first kappa shape index (κ1) is 17.0. The number of nitrogens with zero attached hydrogens (tertiary/aromatic N) is 1. The van der Waals surface area contributed by atoms with Gasteiger partial charge < -0.3 is 10.5 Å². The fraction of sp³-hybridized carbons (Fsp3) is 0.167. The largest absolute Gasteiger partial charge is 0.465 e. The quantitative estimate of drug-likeness (QED) is 0.514. The molecule has 1 saturated heterocycles. The number of methoxy groups -OCH3 is 1. The molecule has 1 unspecified atom stereocenters. The molecule has 3 rings (SSSR count). The minimum atomic E-state index is -0.592. The number of hydrogen-bond acceptors (Lipinski definition) is 6. The molecule has 2 N–H and O–H groups in total. The Hall–Kier alpha value is -2.80. The monoisotopic (exact) mass is 356 g/mol. The first-order chi connectivity index (χ1) is 12.0. The van der Waals surface area contributed by atoms with Crippen molar-refractivity contribution < 1.29 is 19.1 Å². The van der Waals surface area contributed by atoms with Crippen molar-refractivity contribution in [3.63, 3.8) is 0 Å². The number of hydrogen-bond donors (Lipinski definition) is 1. The number of ether oxygens (including phenoxy) is 1. The number of anilines is 2. The molecule has 128 valence electrons. The number of imide groups is 1. The average molecular weight is 356 g/mol. The van der Waals surface area contributed by atoms with E-state index < -0.39 is 11.2 Å². The summed E-state index contributed by atoms with van der Waals surface area (Å²) in [7, 11) is 1.26. The number of thioether (sulfide) groups is 1. The molecule has 1 fully saturated rings. The zero-order valence-corrected chi connectivity index (χ0v) is 14.3. The standard InChI is InChI=1S/C18H16N2O4S/c1-24-18(23)13-4-2-3-5-14(13)20-16(21)10-15(17(20)22)25-12-8-6-11(19)7-9-12/h2-9,15H,10,19H2,1H3. The van der Waals surface area contributed by atoms with Gasteiger partial charge in [0.25, 0.3) is 0 Å². The second-order valence-electron chi connectivity index (χ2n) is 5.46. The third-order valence-corrected chi connectivity index (χ3v) is 5.01. The van der Waals surface area contributed by atoms with Crippen LogP contribution in [0.25, 0.3) is 0 Å². The van der Waals surface area contributed by atoms with Gasteiger partial charge in [-0.15, -0.1) is 11.8 Å². The van der Waals surface area contributed by atoms with Crippen LogP contribution < -0.4 is 10.6 Å². The van der Waals surface area contributed by atoms with E-state index in [9.17, 15) is 14.4 Å². The molecule has 0 saturated carbocycles. The topological polar surface area (TPSA) is 89.7 Å². The van der Waals surface area contributed by atoms with Gasteiger partial charge in [-0.25, -0.2) is 9.69 Å². The summed E-state index contributed by atoms with van der Waals surface area (Å²) in [4.78, 5) is 39.0. The highest BCUT2D eigenvalue weighted by Crippen LogP contribution is 2.35. The second-order valence-corrected chi connectivity index (χ2v) is 6.73. The van der Waals surface area contributed by atoms with Gasteiger partial charge in [0.2, 0.25) is 11.8 Å². The number of carbonyl (C=O) groups excluding carboxylic acids is 3. The van der Waals surface area contributed by atoms with Crippen LogP contribution in [-0.2, 0) is 14.3 Å². The Bertz CT molecular complexity index is 835. The van der Waals surface area contributed by atoms with Gasteiger partial charge in [-0.1, -0.05) is 12.1 Å². The molecule has 2 aromatic carbocycles. The highest BCUT2D eigenvalue weighted by Gasteiger charge is 2.41. The van der Waals surface area contributed by atoms with Gasteiger partial charge in [0.1, 0.15) is 0 Å². The van der Waals surface area contributed by atoms with Crippen molar-refractivity contribution in [2.45, 2.75) is 16.6 Å². The summed E-state index contributed by atoms with van der Waals surface area (Å²) in [6.45, 7) is 0. The SMILES string of the molecule is COC(=O)c1ccccc1N1C(=O)CC(Sc2ccc(N)cc2)C1=O. The lowest BCUT2D eigenvalue weighted by atomic mass is 10.1. The van der Waals surface area contributed by atoms with Crippen LogP contribution in [0.1, 0.15) is 16.8 Å². The normalized spacial score (nSPS) is 17.0. The van der Waals surface area contributed by atoms with Crippen LogP contribution in [0.2, 0.25) is 0 Å². The molecule has 6 nitrogen and oxygen atoms in total. The first-order valence-corrected chi connectivity index (χ1v) is 8.45. The Morgan fingerprint density at radius 3 is 2.52 bits per heavy atom. The van der Waals surface area contributed by atoms with Crippen LogP contribution in [0.5, 0.6) is 0 Å². The third kappa shape index (κ3) is 3.36. The molecular formula is C18H16N2O4S. The molecule has 1 aliphatic rings. The highest BCUT2D eigenvalue weighted by atomic mass is 32.2. The summed E-state index contributed by atoms with van der Waals surface area (Å²) in [5.74, 6) is -1.27. The smallest absolute Gasteiger partial charge is 0.339 e. The Kier molecular flexibility index (Phi) is 4.76. The molecule has 25 heavy (non-hydrogen) atoms. The summed E-state index contributed by atoms with van der Waals surface area (Å²) >= 11 is 1.31. The number of esters is 1. The van der Waals surface area contributed by atoms with Crippen LogP contribution in [0.15, 0.2) is 53.4 Å². The fourth-order valence-electron chi connectivity index (χ4n) is 2.61. The number of nitrogen functional groups attached to an aromatic ring is 1. The number of nitrogens with two attached hydrogens (primary N) is 1. The molecule has 7 heteroatoms. The lowest BCUT2D eigenvalue weighted by molar-refractivity contribution is -0.121. The maximum Gasteiger partial charge on any atom is 0.339 e. The molecule has 1 atom stereocenters. The zero-order chi connectivity index (χ0) is 18.0. The molecule has 0 bridgehead atoms. The molecule has 2 aromatic rings. The highest BCUT2D eigenvalue weighted by molar-refractivity contribution is 8.00. The van der Waals surface area contributed by atoms with E-state index in [1.807, 2.05) is 12.1 Å². The summed E-state index contributed by atoms with van der Waals surface area (Å²) < 4.78 is 4.74. The lowest BCUT2D eigenvalue weighted by Gasteiger charge is -2.17. The third-order valence-electron chi connectivity index (χ3n) is 3.81. The van der Waals surface area contributed by atoms with E-state index in [1.165, 1.54) is 24.9 Å². The van der Waals surface area contributed by atoms with E-state index >= 15 is 0 Å². The van der Waals surface area contributed by atoms with Gasteiger partial charge >= 0.3 is 5.97 Å². The van der Waals surface area contributed by atoms with E-state index in [1.54, 1.807) is 30.3 Å². The molecule has 2 amide bonds. The van der Waals surface area contributed by atoms with E-state index in [0.29, 0.717) is 5.69 Å². The van der Waals surface area contributed by atoms with Crippen LogP contribution >= 0.6 is 11.8 Å². The van der Waals surface area contributed by atoms with E-state index in [0.717, 1.165) is 9.80 Å². The lowest BCUT2D eigenvalue weighted by Crippen LogP contribution is -2.32. The number of amides is 2. The molecule has 1 aliphatic heterocycles. The summed E-state index contributed by atoms with van der Waals surface area (Å²) in [5, 5.41) is -0.540. The Balaban J connectivity index is 1.87. The van der Waals surface area contributed by atoms with Crippen molar-refractivity contribution in [1.82, 2.24) is 0 Å². The maximum absolute atomic E-state index is 12.8. The van der Waals surface area contributed by atoms with Crippen molar-refractivity contribution in [3.8, 4) is 0 Å². The summed E-state index contributed by atoms with van der Waals surface area (Å²) in [6, 6.07) is 13.5. The Labute approximate surface area is 148 Å². The van der Waals surface area contributed by atoms with Crippen molar-refractivity contribution in [2.75, 3.05) is 17.7 Å². The van der Waals surface area contributed by atoms with Gasteiger partial charge in [0, 0.05) is 17.0 Å². The number of para-hydroxylation sites is 1. The molecule has 0 aliphatic carbocycles. The van der Waals surface area contributed by atoms with Crippen LogP contribution in [0.3, 0.4) is 0 Å². The van der Waals surface area contributed by atoms with Gasteiger partial charge in [-0.05, 0) is 36.4 Å². The maximum atomic E-state index is 12.8. The van der Waals surface area contributed by atoms with E-state index in [-0.39, 0.29) is 29.5 Å². The predicted molar refractivity (Wildman–Crippen MR) is 95.4 cm³/mol. The van der Waals surface area contributed by atoms with Crippen molar-refractivity contribution in [1.29, 1.82) is 0 Å². The van der Waals surface area contributed by atoms with E-state index in [4.69, 9.17) is 10.5 Å². The van der Waals surface area contributed by atoms with Crippen molar-refractivity contribution in [2.24, 2.45) is 0 Å². The second kappa shape index (κ2) is 6.98. The van der Waals surface area contributed by atoms with E-state index in [2.05, 4.69) is 0 Å². The van der Waals surface area contributed by atoms with Gasteiger partial charge in [-0.3, -0.25) is 9.59 Å². The van der Waals surface area contributed by atoms with Crippen molar-refractivity contribution >= 4 is 40.9 Å². The molecule has 0 aromatic heterocycles. The van der Waals surface area contributed by atoms with Gasteiger partial charge in [0.05, 0.1) is 23.6 Å². The molecule has 0 spiro atoms. The fourth-order valence-corrected chi connectivity index (χ4v) is 3.66. The Morgan fingerprint density at radius 1 is 1.16 bits per heavy atom. The van der Waals surface area contributed by atoms with Crippen LogP contribution in [0.4, 0.5) is 11.4 Å². The summed E-state index contributed by atoms with van der Waals surface area (Å²) in [5.41, 5.74) is 6.73. The molecule has 1 heterocycles. The molecule has 0 radical (unpaired) electrons. The van der Waals surface area contributed by atoms with Crippen LogP contribution in [0, 0.1) is 0 Å². The number of carbonyl (C=O) groups is 3. The predicted octanol–water partition coefficient (Wildman–Crippen LogP) is 2.48. The first-order valence-electron chi connectivity index (χ1n) is 7.57. The van der Waals surface area contributed by atoms with Gasteiger partial charge in [-0.2, -0.15) is 0 Å². The zero-order valence-electron chi connectivity index (χ0n) is 13.5. The minimum Gasteiger partial charge on any atom is -0.465 e. The molecular weight excluding hydrogens is 340 g/mol. The van der Waals surface area contributed by atoms with Gasteiger partial charge in [0.15, 0.2) is 0 Å². The number of rotatable bonds is 4.